The lowest BCUT2D eigenvalue weighted by molar-refractivity contribution is 0.684. The summed E-state index contributed by atoms with van der Waals surface area (Å²) >= 11 is 0. The molecule has 0 aromatic carbocycles. The molecule has 42 valence electrons. The Balaban J connectivity index is 2.71. The monoisotopic (exact) mass is 118 g/mol. The van der Waals surface area contributed by atoms with Gasteiger partial charge >= 0.3 is 0 Å². The van der Waals surface area contributed by atoms with E-state index < -0.39 is 9.52 Å². The third-order valence-corrected chi connectivity index (χ3v) is 3.11. The smallest absolute Gasteiger partial charge is 0.0270 e. The minimum atomic E-state index is -1.63. The van der Waals surface area contributed by atoms with E-state index in [1.54, 1.807) is 6.26 Å². The lowest BCUT2D eigenvalue weighted by atomic mass is 11.0. The molecule has 0 aromatic heterocycles. The van der Waals surface area contributed by atoms with Gasteiger partial charge in [0.2, 0.25) is 0 Å². The maximum Gasteiger partial charge on any atom is 0.0270 e. The van der Waals surface area contributed by atoms with Crippen LogP contribution in [-0.4, -0.2) is 21.6 Å². The highest BCUT2D eigenvalue weighted by Gasteiger charge is 2.26. The van der Waals surface area contributed by atoms with Gasteiger partial charge in [-0.3, -0.25) is 4.21 Å². The first-order valence-corrected chi connectivity index (χ1v) is 4.61. The fourth-order valence-electron chi connectivity index (χ4n) is 0.567. The zero-order valence-corrected chi connectivity index (χ0v) is 5.33. The Morgan fingerprint density at radius 2 is 2.14 bits per heavy atom. The van der Waals surface area contributed by atoms with Crippen LogP contribution < -0.4 is 0 Å². The summed E-state index contributed by atoms with van der Waals surface area (Å²) in [4.78, 5) is 0. The van der Waals surface area contributed by atoms with Gasteiger partial charge < -0.3 is 0 Å². The molecule has 1 atom stereocenters. The summed E-state index contributed by atoms with van der Waals surface area (Å²) in [6, 6.07) is 0. The van der Waals surface area contributed by atoms with Crippen LogP contribution in [0.4, 0.5) is 0 Å². The quantitative estimate of drug-likeness (QED) is 0.458. The molecule has 1 saturated carbocycles. The third kappa shape index (κ3) is 1.20. The molecule has 1 aliphatic carbocycles. The van der Waals surface area contributed by atoms with Crippen molar-refractivity contribution in [2.75, 3.05) is 6.26 Å². The van der Waals surface area contributed by atoms with Crippen LogP contribution in [0.15, 0.2) is 0 Å². The van der Waals surface area contributed by atoms with Crippen LogP contribution >= 0.6 is 0 Å². The average molecular weight is 118 g/mol. The van der Waals surface area contributed by atoms with Gasteiger partial charge in [0.05, 0.1) is 0 Å². The van der Waals surface area contributed by atoms with E-state index in [0.717, 1.165) is 12.8 Å². The van der Waals surface area contributed by atoms with Crippen molar-refractivity contribution in [1.82, 2.24) is 0 Å². The van der Waals surface area contributed by atoms with Gasteiger partial charge in [-0.25, -0.2) is 0 Å². The zero-order chi connectivity index (χ0) is 5.49. The van der Waals surface area contributed by atoms with E-state index in [2.05, 4.69) is 5.87 Å². The van der Waals surface area contributed by atoms with Crippen molar-refractivity contribution in [3.05, 3.63) is 0 Å². The van der Waals surface area contributed by atoms with Gasteiger partial charge in [0.15, 0.2) is 0 Å². The molecule has 1 aliphatic rings. The van der Waals surface area contributed by atoms with Crippen molar-refractivity contribution in [2.24, 2.45) is 0 Å². The van der Waals surface area contributed by atoms with Crippen LogP contribution in [0.5, 0.6) is 0 Å². The second-order valence-electron chi connectivity index (χ2n) is 2.27. The molecule has 1 nitrogen and oxygen atoms in total. The maximum absolute atomic E-state index is 10.8. The molecule has 0 N–H and O–H groups in total. The molecule has 0 aromatic rings. The number of hydrogen-bond donors (Lipinski definition) is 0. The molecule has 7 heavy (non-hydrogen) atoms. The molecule has 0 heterocycles. The van der Waals surface area contributed by atoms with Gasteiger partial charge in [0.25, 0.3) is 0 Å². The Bertz CT molecular complexity index is 151. The van der Waals surface area contributed by atoms with E-state index in [0.29, 0.717) is 5.25 Å². The highest BCUT2D eigenvalue weighted by molar-refractivity contribution is 8.00. The van der Waals surface area contributed by atoms with Crippen LogP contribution in [-0.2, 0) is 9.52 Å². The minimum absolute atomic E-state index is 0.465. The second-order valence-corrected chi connectivity index (χ2v) is 5.08. The van der Waals surface area contributed by atoms with Crippen LogP contribution in [0.3, 0.4) is 0 Å². The van der Waals surface area contributed by atoms with E-state index in [-0.39, 0.29) is 0 Å². The summed E-state index contributed by atoms with van der Waals surface area (Å²) in [5, 5.41) is 0.465. The zero-order valence-electron chi connectivity index (χ0n) is 4.52. The van der Waals surface area contributed by atoms with Crippen LogP contribution in [0.2, 0.25) is 0 Å². The van der Waals surface area contributed by atoms with Gasteiger partial charge in [-0.1, -0.05) is 0 Å². The van der Waals surface area contributed by atoms with Gasteiger partial charge in [-0.15, -0.1) is 0 Å². The van der Waals surface area contributed by atoms with Crippen molar-refractivity contribution in [3.8, 4) is 0 Å². The van der Waals surface area contributed by atoms with E-state index in [1.807, 2.05) is 0 Å². The Morgan fingerprint density at radius 3 is 2.14 bits per heavy atom. The van der Waals surface area contributed by atoms with E-state index >= 15 is 0 Å². The molecule has 0 spiro atoms. The number of rotatable bonds is 1. The minimum Gasteiger partial charge on any atom is -0.268 e. The molecule has 0 aliphatic heterocycles. The summed E-state index contributed by atoms with van der Waals surface area (Å²) in [6.45, 7) is 0. The topological polar surface area (TPSA) is 17.1 Å². The Morgan fingerprint density at radius 1 is 1.71 bits per heavy atom. The first-order chi connectivity index (χ1) is 3.11. The van der Waals surface area contributed by atoms with Crippen molar-refractivity contribution < 1.29 is 4.21 Å². The molecule has 0 bridgehead atoms. The molecular formula is C5H10OS. The maximum atomic E-state index is 10.8. The third-order valence-electron chi connectivity index (χ3n) is 1.23. The van der Waals surface area contributed by atoms with E-state index in [9.17, 15) is 4.21 Å². The summed E-state index contributed by atoms with van der Waals surface area (Å²) < 4.78 is 10.8. The van der Waals surface area contributed by atoms with Crippen LogP contribution in [0.1, 0.15) is 12.8 Å². The van der Waals surface area contributed by atoms with E-state index in [4.69, 9.17) is 0 Å². The van der Waals surface area contributed by atoms with Gasteiger partial charge in [0, 0.05) is 11.5 Å². The normalized spacial score (nSPS) is 29.3. The Kier molecular flexibility index (Phi) is 0.921. The Labute approximate surface area is 44.7 Å². The largest absolute Gasteiger partial charge is 0.268 e. The standard InChI is InChI=1S/C5H10OS/c1-7(2,6)5-3-4-5/h5H,1,3-4H2,2H3. The summed E-state index contributed by atoms with van der Waals surface area (Å²) in [5.74, 6) is 3.56. The van der Waals surface area contributed by atoms with E-state index in [1.165, 1.54) is 0 Å². The van der Waals surface area contributed by atoms with Crippen molar-refractivity contribution >= 4 is 15.4 Å². The SMILES string of the molecule is C=S(C)(=O)C1CC1. The first-order valence-electron chi connectivity index (χ1n) is 2.42. The number of hydrogen-bond acceptors (Lipinski definition) is 1. The second kappa shape index (κ2) is 1.25. The molecule has 1 fully saturated rings. The van der Waals surface area contributed by atoms with Crippen LogP contribution in [0.25, 0.3) is 0 Å². The molecule has 1 rings (SSSR count). The summed E-state index contributed by atoms with van der Waals surface area (Å²) in [6.07, 6.45) is 4.02. The predicted molar refractivity (Wildman–Crippen MR) is 34.2 cm³/mol. The summed E-state index contributed by atoms with van der Waals surface area (Å²) in [7, 11) is -1.63. The molecule has 0 saturated heterocycles. The molecule has 1 unspecified atom stereocenters. The Hall–Kier alpha value is 0.0200. The predicted octanol–water partition coefficient (Wildman–Crippen LogP) is 0.495. The lowest BCUT2D eigenvalue weighted by Crippen LogP contribution is -2.00. The van der Waals surface area contributed by atoms with Crippen molar-refractivity contribution in [1.29, 1.82) is 0 Å². The first kappa shape index (κ1) is 5.16. The molecule has 0 amide bonds. The van der Waals surface area contributed by atoms with Crippen molar-refractivity contribution in [3.63, 3.8) is 0 Å². The average Bonchev–Trinajstić information content (AvgIpc) is 1.99. The van der Waals surface area contributed by atoms with Gasteiger partial charge in [-0.05, 0) is 28.2 Å². The molecular weight excluding hydrogens is 108 g/mol. The van der Waals surface area contributed by atoms with Gasteiger partial charge in [0.1, 0.15) is 0 Å². The van der Waals surface area contributed by atoms with Crippen LogP contribution in [0, 0.1) is 0 Å². The summed E-state index contributed by atoms with van der Waals surface area (Å²) in [5.41, 5.74) is 0. The fourth-order valence-corrected chi connectivity index (χ4v) is 1.70. The lowest BCUT2D eigenvalue weighted by Gasteiger charge is -1.92. The fraction of sp³-hybridized carbons (Fsp3) is 0.800. The molecule has 0 radical (unpaired) electrons. The van der Waals surface area contributed by atoms with Crippen molar-refractivity contribution in [2.45, 2.75) is 18.1 Å². The highest BCUT2D eigenvalue weighted by atomic mass is 32.2. The molecule has 2 heteroatoms. The highest BCUT2D eigenvalue weighted by Crippen LogP contribution is 2.26. The van der Waals surface area contributed by atoms with Gasteiger partial charge in [-0.2, -0.15) is 0 Å².